The highest BCUT2D eigenvalue weighted by Crippen LogP contribution is 2.30. The number of aliphatic imine (C=N–C) groups is 1. The highest BCUT2D eigenvalue weighted by Gasteiger charge is 2.31. The van der Waals surface area contributed by atoms with Crippen LogP contribution in [0.15, 0.2) is 35.1 Å². The van der Waals surface area contributed by atoms with Crippen LogP contribution in [0.2, 0.25) is 0 Å². The lowest BCUT2D eigenvalue weighted by molar-refractivity contribution is 0.348. The minimum Gasteiger partial charge on any atom is -0.345 e. The topological polar surface area (TPSA) is 63.5 Å². The summed E-state index contributed by atoms with van der Waals surface area (Å²) in [7, 11) is -3.02. The number of nitrogens with one attached hydrogen (secondary N) is 1. The predicted octanol–water partition coefficient (Wildman–Crippen LogP) is 4.54. The number of fused-ring (bicyclic) bond motifs is 1. The first-order chi connectivity index (χ1) is 13.8. The van der Waals surface area contributed by atoms with Crippen molar-refractivity contribution in [3.05, 3.63) is 35.8 Å². The lowest BCUT2D eigenvalue weighted by Crippen LogP contribution is -2.33. The Hall–Kier alpha value is -1.56. The summed E-state index contributed by atoms with van der Waals surface area (Å²) in [5.74, 6) is 1.78. The SMILES string of the molecule is CCC(C)C(C)S(=O)(=O)CC1CCC(N=C2NC=C(C)CCn3cccc32)CC1. The number of hydrogen-bond acceptors (Lipinski definition) is 3. The molecule has 1 saturated carbocycles. The van der Waals surface area contributed by atoms with Crippen LogP contribution >= 0.6 is 0 Å². The fourth-order valence-corrected chi connectivity index (χ4v) is 6.55. The number of amidine groups is 1. The van der Waals surface area contributed by atoms with E-state index >= 15 is 0 Å². The zero-order chi connectivity index (χ0) is 21.0. The molecule has 2 atom stereocenters. The molecular weight excluding hydrogens is 382 g/mol. The first-order valence-corrected chi connectivity index (χ1v) is 12.9. The van der Waals surface area contributed by atoms with E-state index in [9.17, 15) is 8.42 Å². The number of sulfone groups is 1. The summed E-state index contributed by atoms with van der Waals surface area (Å²) in [5.41, 5.74) is 2.46. The summed E-state index contributed by atoms with van der Waals surface area (Å²) >= 11 is 0. The molecule has 162 valence electrons. The third-order valence-corrected chi connectivity index (χ3v) is 9.42. The Balaban J connectivity index is 1.63. The fourth-order valence-electron chi connectivity index (χ4n) is 4.35. The molecule has 3 rings (SSSR count). The molecule has 2 heterocycles. The zero-order valence-electron chi connectivity index (χ0n) is 18.4. The third-order valence-electron chi connectivity index (χ3n) is 6.88. The summed E-state index contributed by atoms with van der Waals surface area (Å²) in [6, 6.07) is 4.46. The standard InChI is InChI=1S/C23H37N3O2S/c1-5-18(3)19(4)29(27,28)16-20-8-10-21(11-9-20)25-23-22-7-6-13-26(22)14-12-17(2)15-24-23/h6-7,13,15,18-21H,5,8-12,14,16H2,1-4H3,(H,24,25). The summed E-state index contributed by atoms with van der Waals surface area (Å²) in [5, 5.41) is 3.17. The first-order valence-electron chi connectivity index (χ1n) is 11.2. The molecule has 1 fully saturated rings. The lowest BCUT2D eigenvalue weighted by atomic mass is 9.87. The van der Waals surface area contributed by atoms with E-state index in [0.29, 0.717) is 5.75 Å². The second-order valence-corrected chi connectivity index (χ2v) is 11.4. The molecular formula is C23H37N3O2S. The van der Waals surface area contributed by atoms with Crippen molar-refractivity contribution in [3.8, 4) is 0 Å². The predicted molar refractivity (Wildman–Crippen MR) is 121 cm³/mol. The average molecular weight is 420 g/mol. The van der Waals surface area contributed by atoms with E-state index in [1.165, 1.54) is 5.57 Å². The van der Waals surface area contributed by atoms with Gasteiger partial charge in [0.1, 0.15) is 5.84 Å². The monoisotopic (exact) mass is 419 g/mol. The van der Waals surface area contributed by atoms with Gasteiger partial charge in [0.25, 0.3) is 0 Å². The van der Waals surface area contributed by atoms with Crippen LogP contribution in [-0.4, -0.2) is 35.9 Å². The van der Waals surface area contributed by atoms with E-state index in [1.807, 2.05) is 13.8 Å². The number of hydrogen-bond donors (Lipinski definition) is 1. The molecule has 2 unspecified atom stereocenters. The highest BCUT2D eigenvalue weighted by molar-refractivity contribution is 7.92. The summed E-state index contributed by atoms with van der Waals surface area (Å²) in [6.45, 7) is 9.11. The average Bonchev–Trinajstić information content (AvgIpc) is 3.16. The number of nitrogens with zero attached hydrogens (tertiary/aromatic N) is 2. The molecule has 0 spiro atoms. The summed E-state index contributed by atoms with van der Waals surface area (Å²) < 4.78 is 27.8. The van der Waals surface area contributed by atoms with Crippen molar-refractivity contribution >= 4 is 15.7 Å². The zero-order valence-corrected chi connectivity index (χ0v) is 19.2. The van der Waals surface area contributed by atoms with Crippen molar-refractivity contribution in [2.24, 2.45) is 16.8 Å². The van der Waals surface area contributed by atoms with Gasteiger partial charge in [-0.25, -0.2) is 8.42 Å². The van der Waals surface area contributed by atoms with Gasteiger partial charge in [-0.1, -0.05) is 25.8 Å². The van der Waals surface area contributed by atoms with E-state index in [2.05, 4.69) is 48.3 Å². The number of rotatable bonds is 6. The maximum absolute atomic E-state index is 12.8. The molecule has 1 N–H and O–H groups in total. The Morgan fingerprint density at radius 3 is 2.66 bits per heavy atom. The smallest absolute Gasteiger partial charge is 0.153 e. The third kappa shape index (κ3) is 5.53. The molecule has 0 aromatic carbocycles. The first kappa shape index (κ1) is 22.1. The summed E-state index contributed by atoms with van der Waals surface area (Å²) in [6.07, 6.45) is 9.96. The molecule has 0 amide bonds. The molecule has 6 heteroatoms. The van der Waals surface area contributed by atoms with E-state index in [4.69, 9.17) is 4.99 Å². The minimum atomic E-state index is -3.02. The van der Waals surface area contributed by atoms with Gasteiger partial charge in [0.05, 0.1) is 22.7 Å². The molecule has 29 heavy (non-hydrogen) atoms. The van der Waals surface area contributed by atoms with Crippen molar-refractivity contribution in [3.63, 3.8) is 0 Å². The van der Waals surface area contributed by atoms with Crippen molar-refractivity contribution < 1.29 is 8.42 Å². The van der Waals surface area contributed by atoms with Crippen LogP contribution in [-0.2, 0) is 16.4 Å². The van der Waals surface area contributed by atoms with Crippen molar-refractivity contribution in [2.45, 2.75) is 84.1 Å². The van der Waals surface area contributed by atoms with Crippen LogP contribution in [0.4, 0.5) is 0 Å². The van der Waals surface area contributed by atoms with E-state index in [-0.39, 0.29) is 23.1 Å². The Bertz CT molecular complexity index is 845. The van der Waals surface area contributed by atoms with E-state index < -0.39 is 9.84 Å². The van der Waals surface area contributed by atoms with Crippen LogP contribution in [0.3, 0.4) is 0 Å². The summed E-state index contributed by atoms with van der Waals surface area (Å²) in [4.78, 5) is 5.04. The molecule has 1 aromatic heterocycles. The molecule has 0 bridgehead atoms. The van der Waals surface area contributed by atoms with E-state index in [0.717, 1.165) is 56.6 Å². The molecule has 1 aromatic rings. The maximum atomic E-state index is 12.8. The van der Waals surface area contributed by atoms with Gasteiger partial charge in [0.2, 0.25) is 0 Å². The van der Waals surface area contributed by atoms with Crippen LogP contribution < -0.4 is 5.32 Å². The van der Waals surface area contributed by atoms with E-state index in [1.54, 1.807) is 0 Å². The fraction of sp³-hybridized carbons (Fsp3) is 0.696. The maximum Gasteiger partial charge on any atom is 0.153 e. The number of aromatic nitrogens is 1. The van der Waals surface area contributed by atoms with Crippen molar-refractivity contribution in [1.82, 2.24) is 9.88 Å². The normalized spacial score (nSPS) is 26.6. The lowest BCUT2D eigenvalue weighted by Gasteiger charge is -2.29. The van der Waals surface area contributed by atoms with Gasteiger partial charge in [-0.05, 0) is 69.9 Å². The number of aryl methyl sites for hydroxylation is 1. The molecule has 1 aliphatic carbocycles. The Morgan fingerprint density at radius 1 is 1.24 bits per heavy atom. The van der Waals surface area contributed by atoms with Gasteiger partial charge >= 0.3 is 0 Å². The second-order valence-electron chi connectivity index (χ2n) is 9.04. The number of allylic oxidation sites excluding steroid dienone is 1. The van der Waals surface area contributed by atoms with Gasteiger partial charge in [-0.2, -0.15) is 0 Å². The largest absolute Gasteiger partial charge is 0.345 e. The van der Waals surface area contributed by atoms with Gasteiger partial charge in [-0.15, -0.1) is 0 Å². The van der Waals surface area contributed by atoms with Crippen molar-refractivity contribution in [1.29, 1.82) is 0 Å². The molecule has 0 saturated heterocycles. The quantitative estimate of drug-likeness (QED) is 0.736. The van der Waals surface area contributed by atoms with Crippen molar-refractivity contribution in [2.75, 3.05) is 5.75 Å². The Kier molecular flexibility index (Phi) is 7.25. The molecule has 0 radical (unpaired) electrons. The Morgan fingerprint density at radius 2 is 1.97 bits per heavy atom. The van der Waals surface area contributed by atoms with Gasteiger partial charge < -0.3 is 9.88 Å². The minimum absolute atomic E-state index is 0.223. The van der Waals surface area contributed by atoms with Gasteiger partial charge in [0, 0.05) is 18.9 Å². The van der Waals surface area contributed by atoms with Gasteiger partial charge in [0.15, 0.2) is 9.84 Å². The van der Waals surface area contributed by atoms with Crippen LogP contribution in [0.1, 0.15) is 71.9 Å². The second kappa shape index (κ2) is 9.50. The molecule has 2 aliphatic rings. The van der Waals surface area contributed by atoms with Gasteiger partial charge in [-0.3, -0.25) is 4.99 Å². The van der Waals surface area contributed by atoms with Crippen LogP contribution in [0, 0.1) is 11.8 Å². The highest BCUT2D eigenvalue weighted by atomic mass is 32.2. The Labute approximate surface area is 176 Å². The van der Waals surface area contributed by atoms with Crippen LogP contribution in [0.25, 0.3) is 0 Å². The molecule has 1 aliphatic heterocycles. The molecule has 5 nitrogen and oxygen atoms in total. The van der Waals surface area contributed by atoms with Crippen LogP contribution in [0.5, 0.6) is 0 Å².